The zero-order valence-electron chi connectivity index (χ0n) is 10.1. The van der Waals surface area contributed by atoms with Gasteiger partial charge in [-0.2, -0.15) is 0 Å². The Balaban J connectivity index is 1.93. The highest BCUT2D eigenvalue weighted by molar-refractivity contribution is 7.14. The zero-order valence-corrected chi connectivity index (χ0v) is 10.9. The van der Waals surface area contributed by atoms with Crippen LogP contribution in [0.2, 0.25) is 0 Å². The number of aliphatic hydroxyl groups is 1. The van der Waals surface area contributed by atoms with Crippen molar-refractivity contribution in [3.8, 4) is 0 Å². The third-order valence-electron chi connectivity index (χ3n) is 3.62. The number of carbonyl (C=O) groups excluding carboxylic acids is 1. The molecule has 1 aliphatic carbocycles. The van der Waals surface area contributed by atoms with Gasteiger partial charge in [0.05, 0.1) is 5.00 Å². The summed E-state index contributed by atoms with van der Waals surface area (Å²) < 4.78 is 0. The maximum atomic E-state index is 12.3. The number of thiophene rings is 1. The minimum absolute atomic E-state index is 0.143. The summed E-state index contributed by atoms with van der Waals surface area (Å²) in [6, 6.07) is 3.94. The lowest BCUT2D eigenvalue weighted by molar-refractivity contribution is -0.123. The average molecular weight is 253 g/mol. The van der Waals surface area contributed by atoms with Gasteiger partial charge in [-0.15, -0.1) is 11.3 Å². The Morgan fingerprint density at radius 1 is 1.47 bits per heavy atom. The molecular formula is C13H19NO2S. The molecule has 1 amide bonds. The first-order valence-electron chi connectivity index (χ1n) is 6.14. The van der Waals surface area contributed by atoms with Crippen molar-refractivity contribution in [1.29, 1.82) is 0 Å². The minimum Gasteiger partial charge on any atom is -0.396 e. The molecule has 1 saturated carbocycles. The summed E-state index contributed by atoms with van der Waals surface area (Å²) in [5, 5.41) is 12.1. The van der Waals surface area contributed by atoms with E-state index in [1.165, 1.54) is 0 Å². The van der Waals surface area contributed by atoms with Gasteiger partial charge < -0.3 is 10.0 Å². The van der Waals surface area contributed by atoms with Crippen molar-refractivity contribution in [2.24, 2.45) is 11.8 Å². The molecule has 0 unspecified atom stereocenters. The molecule has 1 aromatic rings. The van der Waals surface area contributed by atoms with Crippen molar-refractivity contribution in [3.63, 3.8) is 0 Å². The lowest BCUT2D eigenvalue weighted by atomic mass is 9.82. The van der Waals surface area contributed by atoms with Crippen LogP contribution in [0.1, 0.15) is 25.7 Å². The molecule has 1 N–H and O–H groups in total. The molecule has 0 radical (unpaired) electrons. The number of amides is 1. The highest BCUT2D eigenvalue weighted by atomic mass is 32.1. The van der Waals surface area contributed by atoms with Crippen molar-refractivity contribution >= 4 is 22.2 Å². The Morgan fingerprint density at radius 3 is 2.71 bits per heavy atom. The van der Waals surface area contributed by atoms with Crippen molar-refractivity contribution in [3.05, 3.63) is 17.5 Å². The first kappa shape index (κ1) is 12.6. The van der Waals surface area contributed by atoms with Crippen molar-refractivity contribution in [2.45, 2.75) is 25.7 Å². The van der Waals surface area contributed by atoms with Crippen LogP contribution in [0.25, 0.3) is 0 Å². The predicted molar refractivity (Wildman–Crippen MR) is 70.3 cm³/mol. The molecule has 0 aromatic carbocycles. The smallest absolute Gasteiger partial charge is 0.230 e. The van der Waals surface area contributed by atoms with Crippen LogP contribution in [0.4, 0.5) is 5.00 Å². The van der Waals surface area contributed by atoms with Gasteiger partial charge in [0.1, 0.15) is 0 Å². The van der Waals surface area contributed by atoms with Gasteiger partial charge >= 0.3 is 0 Å². The van der Waals surface area contributed by atoms with Crippen molar-refractivity contribution in [1.82, 2.24) is 0 Å². The Labute approximate surface area is 106 Å². The third-order valence-corrected chi connectivity index (χ3v) is 4.57. The average Bonchev–Trinajstić information content (AvgIpc) is 2.91. The van der Waals surface area contributed by atoms with Gasteiger partial charge in [-0.25, -0.2) is 0 Å². The van der Waals surface area contributed by atoms with Gasteiger partial charge in [0, 0.05) is 19.6 Å². The SMILES string of the molecule is CN(C(=O)C1CCC(CO)CC1)c1cccs1. The van der Waals surface area contributed by atoms with E-state index in [4.69, 9.17) is 5.11 Å². The molecule has 1 aromatic heterocycles. The lowest BCUT2D eigenvalue weighted by Crippen LogP contribution is -2.34. The molecule has 2 rings (SSSR count). The second-order valence-electron chi connectivity index (χ2n) is 4.75. The summed E-state index contributed by atoms with van der Waals surface area (Å²) in [5.41, 5.74) is 0. The fourth-order valence-electron chi connectivity index (χ4n) is 2.44. The molecule has 0 atom stereocenters. The molecule has 94 valence electrons. The van der Waals surface area contributed by atoms with Crippen LogP contribution in [0, 0.1) is 11.8 Å². The van der Waals surface area contributed by atoms with Crippen LogP contribution in [-0.4, -0.2) is 24.7 Å². The maximum absolute atomic E-state index is 12.3. The zero-order chi connectivity index (χ0) is 12.3. The second-order valence-corrected chi connectivity index (χ2v) is 5.67. The van der Waals surface area contributed by atoms with Crippen LogP contribution in [0.5, 0.6) is 0 Å². The summed E-state index contributed by atoms with van der Waals surface area (Å²) >= 11 is 1.59. The van der Waals surface area contributed by atoms with Crippen LogP contribution in [-0.2, 0) is 4.79 Å². The van der Waals surface area contributed by atoms with Crippen LogP contribution in [0.3, 0.4) is 0 Å². The van der Waals surface area contributed by atoms with E-state index in [2.05, 4.69) is 0 Å². The first-order chi connectivity index (χ1) is 8.22. The number of hydrogen-bond donors (Lipinski definition) is 1. The normalized spacial score (nSPS) is 24.6. The van der Waals surface area contributed by atoms with Crippen molar-refractivity contribution < 1.29 is 9.90 Å². The maximum Gasteiger partial charge on any atom is 0.230 e. The van der Waals surface area contributed by atoms with Crippen LogP contribution < -0.4 is 4.90 Å². The fourth-order valence-corrected chi connectivity index (χ4v) is 3.14. The summed E-state index contributed by atoms with van der Waals surface area (Å²) in [6.07, 6.45) is 3.79. The topological polar surface area (TPSA) is 40.5 Å². The third kappa shape index (κ3) is 2.87. The van der Waals surface area contributed by atoms with E-state index in [0.29, 0.717) is 5.92 Å². The number of aliphatic hydroxyl groups excluding tert-OH is 1. The molecule has 4 heteroatoms. The number of hydrogen-bond acceptors (Lipinski definition) is 3. The van der Waals surface area contributed by atoms with E-state index in [-0.39, 0.29) is 18.4 Å². The van der Waals surface area contributed by atoms with Crippen LogP contribution >= 0.6 is 11.3 Å². The molecule has 0 bridgehead atoms. The molecule has 17 heavy (non-hydrogen) atoms. The standard InChI is InChI=1S/C13H19NO2S/c1-14(12-3-2-8-17-12)13(16)11-6-4-10(9-15)5-7-11/h2-3,8,10-11,15H,4-7,9H2,1H3. The molecule has 0 spiro atoms. The number of carbonyl (C=O) groups is 1. The molecule has 0 saturated heterocycles. The Morgan fingerprint density at radius 2 is 2.18 bits per heavy atom. The molecular weight excluding hydrogens is 234 g/mol. The summed E-state index contributed by atoms with van der Waals surface area (Å²) in [7, 11) is 1.85. The Hall–Kier alpha value is -0.870. The number of nitrogens with zero attached hydrogens (tertiary/aromatic N) is 1. The highest BCUT2D eigenvalue weighted by Crippen LogP contribution is 2.31. The minimum atomic E-state index is 0.143. The Bertz CT molecular complexity index is 356. The number of anilines is 1. The quantitative estimate of drug-likeness (QED) is 0.899. The van der Waals surface area contributed by atoms with E-state index in [1.54, 1.807) is 16.2 Å². The molecule has 3 nitrogen and oxygen atoms in total. The number of rotatable bonds is 3. The van der Waals surface area contributed by atoms with Crippen LogP contribution in [0.15, 0.2) is 17.5 Å². The van der Waals surface area contributed by atoms with E-state index in [1.807, 2.05) is 24.6 Å². The summed E-state index contributed by atoms with van der Waals surface area (Å²) in [5.74, 6) is 0.778. The molecule has 1 fully saturated rings. The first-order valence-corrected chi connectivity index (χ1v) is 7.02. The molecule has 1 heterocycles. The fraction of sp³-hybridized carbons (Fsp3) is 0.615. The predicted octanol–water partition coefficient (Wildman–Crippen LogP) is 2.51. The van der Waals surface area contributed by atoms with Gasteiger partial charge in [-0.3, -0.25) is 4.79 Å². The largest absolute Gasteiger partial charge is 0.396 e. The van der Waals surface area contributed by atoms with E-state index >= 15 is 0 Å². The second kappa shape index (κ2) is 5.65. The van der Waals surface area contributed by atoms with E-state index in [9.17, 15) is 4.79 Å². The van der Waals surface area contributed by atoms with Gasteiger partial charge in [0.2, 0.25) is 5.91 Å². The summed E-state index contributed by atoms with van der Waals surface area (Å²) in [4.78, 5) is 14.0. The monoisotopic (exact) mass is 253 g/mol. The molecule has 0 aliphatic heterocycles. The van der Waals surface area contributed by atoms with Gasteiger partial charge in [0.15, 0.2) is 0 Å². The Kier molecular flexibility index (Phi) is 4.18. The van der Waals surface area contributed by atoms with E-state index < -0.39 is 0 Å². The molecule has 1 aliphatic rings. The highest BCUT2D eigenvalue weighted by Gasteiger charge is 2.28. The van der Waals surface area contributed by atoms with Gasteiger partial charge in [-0.1, -0.05) is 0 Å². The van der Waals surface area contributed by atoms with Gasteiger partial charge in [0.25, 0.3) is 0 Å². The summed E-state index contributed by atoms with van der Waals surface area (Å²) in [6.45, 7) is 0.266. The lowest BCUT2D eigenvalue weighted by Gasteiger charge is -2.29. The van der Waals surface area contributed by atoms with Gasteiger partial charge in [-0.05, 0) is 49.1 Å². The van der Waals surface area contributed by atoms with Crippen molar-refractivity contribution in [2.75, 3.05) is 18.6 Å². The van der Waals surface area contributed by atoms with E-state index in [0.717, 1.165) is 30.7 Å².